The first kappa shape index (κ1) is 16.6. The first-order valence-electron chi connectivity index (χ1n) is 7.71. The maximum absolute atomic E-state index is 13.0. The van der Waals surface area contributed by atoms with E-state index < -0.39 is 0 Å². The lowest BCUT2D eigenvalue weighted by molar-refractivity contribution is -0.116. The third-order valence-electron chi connectivity index (χ3n) is 4.16. The monoisotopic (exact) mass is 345 g/mol. The number of anilines is 1. The van der Waals surface area contributed by atoms with E-state index in [0.717, 1.165) is 11.3 Å². The second-order valence-electron chi connectivity index (χ2n) is 6.02. The Balaban J connectivity index is 2.19. The van der Waals surface area contributed by atoms with Crippen LogP contribution in [0.15, 0.2) is 34.2 Å². The Hall–Kier alpha value is -2.28. The summed E-state index contributed by atoms with van der Waals surface area (Å²) < 4.78 is 6.71. The van der Waals surface area contributed by atoms with Gasteiger partial charge in [-0.25, -0.2) is 4.98 Å². The Bertz CT molecular complexity index is 843. The normalized spacial score (nSPS) is 16.7. The van der Waals surface area contributed by atoms with E-state index >= 15 is 0 Å². The van der Waals surface area contributed by atoms with Gasteiger partial charge in [-0.3, -0.25) is 14.2 Å². The Morgan fingerprint density at radius 3 is 2.54 bits per heavy atom. The zero-order valence-corrected chi connectivity index (χ0v) is 14.6. The van der Waals surface area contributed by atoms with Crippen LogP contribution >= 0.6 is 12.6 Å². The maximum Gasteiger partial charge on any atom is 0.260 e. The fourth-order valence-corrected chi connectivity index (χ4v) is 3.42. The van der Waals surface area contributed by atoms with Gasteiger partial charge >= 0.3 is 0 Å². The summed E-state index contributed by atoms with van der Waals surface area (Å²) in [6.45, 7) is 3.80. The van der Waals surface area contributed by atoms with E-state index in [1.807, 2.05) is 38.1 Å². The van der Waals surface area contributed by atoms with Crippen LogP contribution in [0.25, 0.3) is 0 Å². The largest absolute Gasteiger partial charge is 0.497 e. The molecular formula is C17H19N3O3S. The van der Waals surface area contributed by atoms with Gasteiger partial charge in [0.05, 0.1) is 12.7 Å². The molecule has 2 heterocycles. The molecule has 7 heteroatoms. The Morgan fingerprint density at radius 1 is 1.29 bits per heavy atom. The van der Waals surface area contributed by atoms with Crippen molar-refractivity contribution >= 4 is 24.4 Å². The quantitative estimate of drug-likeness (QED) is 0.662. The van der Waals surface area contributed by atoms with Gasteiger partial charge in [0, 0.05) is 18.4 Å². The highest BCUT2D eigenvalue weighted by molar-refractivity contribution is 7.80. The summed E-state index contributed by atoms with van der Waals surface area (Å²) in [5, 5.41) is 2.99. The molecule has 24 heavy (non-hydrogen) atoms. The minimum absolute atomic E-state index is 0.0723. The van der Waals surface area contributed by atoms with Crippen LogP contribution in [0.5, 0.6) is 5.75 Å². The van der Waals surface area contributed by atoms with Gasteiger partial charge in [0.1, 0.15) is 11.6 Å². The molecule has 0 radical (unpaired) electrons. The maximum atomic E-state index is 13.0. The van der Waals surface area contributed by atoms with Gasteiger partial charge < -0.3 is 10.1 Å². The van der Waals surface area contributed by atoms with Crippen molar-refractivity contribution in [2.75, 3.05) is 12.4 Å². The van der Waals surface area contributed by atoms with Crippen molar-refractivity contribution in [2.45, 2.75) is 37.4 Å². The second kappa shape index (κ2) is 6.32. The summed E-state index contributed by atoms with van der Waals surface area (Å²) in [6.07, 6.45) is 0.209. The molecule has 1 atom stereocenters. The molecule has 0 spiro atoms. The summed E-state index contributed by atoms with van der Waals surface area (Å²) in [5.74, 6) is 0.533. The average molecular weight is 345 g/mol. The number of aromatic nitrogens is 2. The third kappa shape index (κ3) is 2.80. The second-order valence-corrected chi connectivity index (χ2v) is 6.42. The van der Waals surface area contributed by atoms with Crippen molar-refractivity contribution in [3.63, 3.8) is 0 Å². The Morgan fingerprint density at radius 2 is 1.96 bits per heavy atom. The molecule has 1 aromatic heterocycles. The number of benzene rings is 1. The number of ether oxygens (including phenoxy) is 1. The third-order valence-corrected chi connectivity index (χ3v) is 4.48. The number of hydrogen-bond acceptors (Lipinski definition) is 5. The first-order valence-corrected chi connectivity index (χ1v) is 8.16. The molecule has 2 aromatic rings. The molecular weight excluding hydrogens is 326 g/mol. The summed E-state index contributed by atoms with van der Waals surface area (Å²) in [7, 11) is 1.60. The van der Waals surface area contributed by atoms with Crippen LogP contribution in [0.1, 0.15) is 43.4 Å². The minimum atomic E-state index is -0.335. The number of nitrogens with zero attached hydrogens (tertiary/aromatic N) is 2. The van der Waals surface area contributed by atoms with Crippen molar-refractivity contribution in [2.24, 2.45) is 0 Å². The van der Waals surface area contributed by atoms with Crippen molar-refractivity contribution in [1.29, 1.82) is 0 Å². The number of methoxy groups -OCH3 is 1. The smallest absolute Gasteiger partial charge is 0.260 e. The molecule has 1 amide bonds. The van der Waals surface area contributed by atoms with Crippen molar-refractivity contribution < 1.29 is 9.53 Å². The van der Waals surface area contributed by atoms with E-state index in [0.29, 0.717) is 16.5 Å². The van der Waals surface area contributed by atoms with Crippen LogP contribution in [-0.4, -0.2) is 22.6 Å². The minimum Gasteiger partial charge on any atom is -0.497 e. The molecule has 1 unspecified atom stereocenters. The number of carbonyl (C=O) groups excluding carboxylic acids is 1. The fourth-order valence-electron chi connectivity index (χ4n) is 3.00. The molecule has 1 aliphatic heterocycles. The van der Waals surface area contributed by atoms with E-state index in [4.69, 9.17) is 4.74 Å². The number of amides is 1. The zero-order valence-electron chi connectivity index (χ0n) is 13.7. The van der Waals surface area contributed by atoms with Crippen LogP contribution in [0, 0.1) is 0 Å². The number of carbonyl (C=O) groups is 1. The van der Waals surface area contributed by atoms with Gasteiger partial charge in [-0.2, -0.15) is 0 Å². The molecule has 1 aromatic carbocycles. The van der Waals surface area contributed by atoms with Crippen LogP contribution < -0.4 is 15.6 Å². The number of nitrogens with one attached hydrogen (secondary N) is 1. The molecule has 1 N–H and O–H groups in total. The predicted octanol–water partition coefficient (Wildman–Crippen LogP) is 2.60. The van der Waals surface area contributed by atoms with Crippen molar-refractivity contribution in [3.8, 4) is 5.75 Å². The molecule has 6 nitrogen and oxygen atoms in total. The zero-order chi connectivity index (χ0) is 17.4. The van der Waals surface area contributed by atoms with Gasteiger partial charge in [0.25, 0.3) is 5.56 Å². The molecule has 0 aliphatic carbocycles. The van der Waals surface area contributed by atoms with E-state index in [1.165, 1.54) is 4.57 Å². The number of rotatable bonds is 3. The van der Waals surface area contributed by atoms with Gasteiger partial charge in [-0.1, -0.05) is 12.1 Å². The number of hydrogen-bond donors (Lipinski definition) is 2. The van der Waals surface area contributed by atoms with Crippen LogP contribution in [0.4, 0.5) is 5.82 Å². The number of thiol groups is 1. The van der Waals surface area contributed by atoms with Crippen molar-refractivity contribution in [1.82, 2.24) is 9.55 Å². The lowest BCUT2D eigenvalue weighted by Gasteiger charge is -2.26. The lowest BCUT2D eigenvalue weighted by Crippen LogP contribution is -2.35. The highest BCUT2D eigenvalue weighted by Crippen LogP contribution is 2.35. The summed E-state index contributed by atoms with van der Waals surface area (Å²) in [4.78, 5) is 29.4. The average Bonchev–Trinajstić information content (AvgIpc) is 2.53. The predicted molar refractivity (Wildman–Crippen MR) is 94.2 cm³/mol. The van der Waals surface area contributed by atoms with Gasteiger partial charge in [-0.15, -0.1) is 12.6 Å². The number of fused-ring (bicyclic) bond motifs is 1. The molecule has 0 bridgehead atoms. The molecule has 0 saturated carbocycles. The Kier molecular flexibility index (Phi) is 4.36. The van der Waals surface area contributed by atoms with Crippen LogP contribution in [-0.2, 0) is 4.79 Å². The van der Waals surface area contributed by atoms with E-state index in [-0.39, 0.29) is 29.8 Å². The molecule has 126 valence electrons. The van der Waals surface area contributed by atoms with Crippen LogP contribution in [0.3, 0.4) is 0 Å². The summed E-state index contributed by atoms with van der Waals surface area (Å²) in [5.41, 5.74) is 1.22. The fraction of sp³-hybridized carbons (Fsp3) is 0.353. The highest BCUT2D eigenvalue weighted by atomic mass is 32.1. The van der Waals surface area contributed by atoms with Crippen molar-refractivity contribution in [3.05, 3.63) is 45.7 Å². The van der Waals surface area contributed by atoms with Gasteiger partial charge in [-0.05, 0) is 31.5 Å². The summed E-state index contributed by atoms with van der Waals surface area (Å²) in [6, 6.07) is 7.32. The molecule has 1 aliphatic rings. The van der Waals surface area contributed by atoms with E-state index in [1.54, 1.807) is 7.11 Å². The highest BCUT2D eigenvalue weighted by Gasteiger charge is 2.32. The first-order chi connectivity index (χ1) is 11.4. The van der Waals surface area contributed by atoms with E-state index in [2.05, 4.69) is 22.9 Å². The molecule has 3 rings (SSSR count). The lowest BCUT2D eigenvalue weighted by atomic mass is 9.86. The molecule has 0 fully saturated rings. The molecule has 0 saturated heterocycles. The topological polar surface area (TPSA) is 73.2 Å². The van der Waals surface area contributed by atoms with Crippen LogP contribution in [0.2, 0.25) is 0 Å². The Labute approximate surface area is 145 Å². The van der Waals surface area contributed by atoms with Gasteiger partial charge in [0.2, 0.25) is 5.91 Å². The SMILES string of the molecule is COc1ccc(C2CC(=O)Nc3nc(S)n(C(C)C)c(=O)c32)cc1. The van der Waals surface area contributed by atoms with Gasteiger partial charge in [0.15, 0.2) is 5.16 Å². The van der Waals surface area contributed by atoms with E-state index in [9.17, 15) is 9.59 Å². The standard InChI is InChI=1S/C17H19N3O3S/c1-9(2)20-16(22)14-12(10-4-6-11(23-3)7-5-10)8-13(21)18-15(14)19-17(20)24/h4-7,9,12H,8H2,1-3H3,(H,18,21)(H,19,24). The summed E-state index contributed by atoms with van der Waals surface area (Å²) >= 11 is 4.30.